The van der Waals surface area contributed by atoms with Crippen LogP contribution >= 0.6 is 0 Å². The third-order valence-corrected chi connectivity index (χ3v) is 16.5. The van der Waals surface area contributed by atoms with Crippen LogP contribution < -0.4 is 9.30 Å². The van der Waals surface area contributed by atoms with Crippen molar-refractivity contribution in [3.05, 3.63) is 258 Å². The molecule has 13 aromatic rings. The number of para-hydroxylation sites is 5. The van der Waals surface area contributed by atoms with E-state index in [0.29, 0.717) is 52.4 Å². The number of unbranched alkanes of at least 4 members (excludes halogenated alkanes) is 1. The van der Waals surface area contributed by atoms with Gasteiger partial charge in [0.2, 0.25) is 6.33 Å². The molecule has 0 fully saturated rings. The maximum absolute atomic E-state index is 9.51. The second-order valence-electron chi connectivity index (χ2n) is 25.5. The minimum Gasteiger partial charge on any atom is -0.458 e. The summed E-state index contributed by atoms with van der Waals surface area (Å²) in [6.07, 6.45) is 9.93. The van der Waals surface area contributed by atoms with E-state index < -0.39 is 54.4 Å². The summed E-state index contributed by atoms with van der Waals surface area (Å²) < 4.78 is 132. The van der Waals surface area contributed by atoms with E-state index in [0.717, 1.165) is 76.4 Å². The molecule has 9 aromatic carbocycles. The van der Waals surface area contributed by atoms with Gasteiger partial charge in [0, 0.05) is 39.9 Å². The van der Waals surface area contributed by atoms with E-state index in [1.807, 2.05) is 106 Å². The molecule has 0 bridgehead atoms. The maximum atomic E-state index is 9.51. The van der Waals surface area contributed by atoms with Gasteiger partial charge >= 0.3 is 0 Å². The highest BCUT2D eigenvalue weighted by atomic mass is 16.5. The summed E-state index contributed by atoms with van der Waals surface area (Å²) in [6.45, 7) is 20.5. The van der Waals surface area contributed by atoms with E-state index in [9.17, 15) is 5.48 Å². The second kappa shape index (κ2) is 22.2. The molecule has 0 aliphatic rings. The van der Waals surface area contributed by atoms with Crippen LogP contribution in [0.1, 0.15) is 133 Å². The van der Waals surface area contributed by atoms with Gasteiger partial charge in [-0.15, -0.1) is 0 Å². The van der Waals surface area contributed by atoms with Gasteiger partial charge in [0.25, 0.3) is 0 Å². The fraction of sp³-hybridized carbons (Fsp3) is 0.241. The Morgan fingerprint density at radius 1 is 0.506 bits per heavy atom. The van der Waals surface area contributed by atoms with Crippen molar-refractivity contribution in [1.29, 1.82) is 0 Å². The summed E-state index contributed by atoms with van der Waals surface area (Å²) in [5, 5.41) is 1.28. The lowest BCUT2D eigenvalue weighted by Crippen LogP contribution is -2.32. The van der Waals surface area contributed by atoms with Crippen molar-refractivity contribution in [2.75, 3.05) is 0 Å². The number of aromatic nitrogens is 5. The summed E-state index contributed by atoms with van der Waals surface area (Å²) in [7, 11) is 0. The van der Waals surface area contributed by atoms with Gasteiger partial charge in [0.05, 0.1) is 68.8 Å². The molecule has 424 valence electrons. The van der Waals surface area contributed by atoms with Crippen LogP contribution in [0.15, 0.2) is 218 Å². The monoisotopic (exact) mass is 1120 g/mol. The first-order valence-corrected chi connectivity index (χ1v) is 29.5. The lowest BCUT2D eigenvalue weighted by Gasteiger charge is -2.26. The van der Waals surface area contributed by atoms with Crippen LogP contribution in [0.3, 0.4) is 0 Å². The summed E-state index contributed by atoms with van der Waals surface area (Å²) in [5.41, 5.74) is 11.8. The van der Waals surface area contributed by atoms with Crippen molar-refractivity contribution in [3.63, 3.8) is 0 Å². The third kappa shape index (κ3) is 10.8. The molecule has 85 heavy (non-hydrogen) atoms. The van der Waals surface area contributed by atoms with Crippen molar-refractivity contribution in [1.82, 2.24) is 18.7 Å². The molecule has 13 rings (SSSR count). The molecule has 0 saturated heterocycles. The van der Waals surface area contributed by atoms with Gasteiger partial charge in [-0.3, -0.25) is 4.57 Å². The molecule has 0 aliphatic carbocycles. The molecule has 6 nitrogen and oxygen atoms in total. The number of hydrogen-bond donors (Lipinski definition) is 0. The molecule has 0 atom stereocenters. The number of pyridine rings is 1. The average Bonchev–Trinajstić information content (AvgIpc) is 1.53. The van der Waals surface area contributed by atoms with Crippen molar-refractivity contribution in [3.8, 4) is 39.8 Å². The first-order chi connectivity index (χ1) is 46.4. The fourth-order valence-electron chi connectivity index (χ4n) is 12.0. The highest BCUT2D eigenvalue weighted by Crippen LogP contribution is 2.43. The molecule has 0 amide bonds. The lowest BCUT2D eigenvalue weighted by molar-refractivity contribution is -0.676. The number of hydrogen-bond acceptors (Lipinski definition) is 2. The normalized spacial score (nSPS) is 14.5. The summed E-state index contributed by atoms with van der Waals surface area (Å²) >= 11 is 0. The zero-order chi connectivity index (χ0) is 69.9. The van der Waals surface area contributed by atoms with Gasteiger partial charge < -0.3 is 18.4 Å². The minimum absolute atomic E-state index is 0.0200. The number of ether oxygens (including phenoxy) is 1. The Hall–Kier alpha value is -9.00. The first-order valence-electron chi connectivity index (χ1n) is 36.0. The second-order valence-corrected chi connectivity index (χ2v) is 25.5. The van der Waals surface area contributed by atoms with Crippen LogP contribution in [0.4, 0.5) is 0 Å². The molecule has 0 N–H and O–H groups in total. The van der Waals surface area contributed by atoms with Crippen LogP contribution in [0.25, 0.3) is 83.0 Å². The maximum Gasteiger partial charge on any atom is 0.244 e. The van der Waals surface area contributed by atoms with Crippen LogP contribution in [-0.2, 0) is 42.1 Å². The van der Waals surface area contributed by atoms with E-state index in [-0.39, 0.29) is 67.8 Å². The molecule has 0 unspecified atom stereocenters. The Balaban J connectivity index is 0.874. The Bertz CT molecular complexity index is 5270. The molecule has 4 aromatic heterocycles. The van der Waals surface area contributed by atoms with E-state index >= 15 is 0 Å². The molecule has 0 aliphatic heterocycles. The summed E-state index contributed by atoms with van der Waals surface area (Å²) in [4.78, 5) is 4.95. The zero-order valence-corrected chi connectivity index (χ0v) is 49.9. The Morgan fingerprint density at radius 3 is 1.91 bits per heavy atom. The van der Waals surface area contributed by atoms with Crippen molar-refractivity contribution in [2.24, 2.45) is 0 Å². The third-order valence-electron chi connectivity index (χ3n) is 16.5. The lowest BCUT2D eigenvalue weighted by atomic mass is 9.79. The highest BCUT2D eigenvalue weighted by Gasteiger charge is 2.25. The van der Waals surface area contributed by atoms with Crippen molar-refractivity contribution in [2.45, 2.75) is 124 Å². The van der Waals surface area contributed by atoms with Gasteiger partial charge in [-0.2, -0.15) is 0 Å². The number of benzene rings is 9. The van der Waals surface area contributed by atoms with Crippen LogP contribution in [-0.4, -0.2) is 18.7 Å². The minimum atomic E-state index is -0.533. The van der Waals surface area contributed by atoms with Gasteiger partial charge in [-0.25, -0.2) is 4.98 Å². The van der Waals surface area contributed by atoms with Crippen LogP contribution in [0, 0.1) is 6.33 Å². The Labute approximate surface area is 519 Å². The molecule has 6 heteroatoms. The van der Waals surface area contributed by atoms with Gasteiger partial charge in [-0.05, 0) is 142 Å². The molecular weight excluding hydrogens is 1030 g/mol. The van der Waals surface area contributed by atoms with E-state index in [2.05, 4.69) is 104 Å². The van der Waals surface area contributed by atoms with Gasteiger partial charge in [0.1, 0.15) is 17.3 Å². The summed E-state index contributed by atoms with van der Waals surface area (Å²) in [5.74, 6) is 1.35. The number of nitrogens with zero attached hydrogens (tertiary/aromatic N) is 5. The summed E-state index contributed by atoms with van der Waals surface area (Å²) in [6, 6.07) is 38.7. The molecular formula is C79H77N5O. The van der Waals surface area contributed by atoms with Crippen LogP contribution in [0.5, 0.6) is 11.5 Å². The predicted octanol–water partition coefficient (Wildman–Crippen LogP) is 19.9. The zero-order valence-electron chi connectivity index (χ0n) is 62.9. The molecule has 4 heterocycles. The Kier molecular flexibility index (Phi) is 10.9. The Morgan fingerprint density at radius 2 is 1.18 bits per heavy atom. The number of rotatable bonds is 15. The van der Waals surface area contributed by atoms with Crippen molar-refractivity contribution < 1.29 is 27.1 Å². The number of imidazole rings is 1. The van der Waals surface area contributed by atoms with E-state index in [4.69, 9.17) is 22.1 Å². The van der Waals surface area contributed by atoms with E-state index in [1.165, 1.54) is 16.7 Å². The first kappa shape index (κ1) is 41.9. The van der Waals surface area contributed by atoms with Gasteiger partial charge in [0.15, 0.2) is 0 Å². The predicted molar refractivity (Wildman–Crippen MR) is 355 cm³/mol. The standard InChI is InChI=1S/C79H77N5O/c1-77(2,3)57-43-44-80-75(49-57)84-70-40-18-15-36-67(70)76-73(83-68-38-16-13-34-65(68)66-35-14-17-39-69(66)83)51-62(52-74(76)84)85-61-32-25-31-60(50-61)82-53-81(71-41-19-20-42-72(71)82)45-22-21-33-63-56(30-24-37-64(63)55-27-11-10-12-28-55)29-23-26-54-46-58(78(4,5)6)48-59(47-54)79(7,8)9/h10-20,24-25,27-28,30-32,34-44,46-52H,21-23,26,29,33,45H2,1-9H3/i10D,11D,12D,13D,14D,16D,17D,27D,28D,34D,35D,38D,39D. The fourth-order valence-corrected chi connectivity index (χ4v) is 12.0. The van der Waals surface area contributed by atoms with E-state index in [1.54, 1.807) is 16.8 Å². The average molecular weight is 1130 g/mol. The number of aryl methyl sites for hydroxylation is 3. The molecule has 0 saturated carbocycles. The molecule has 0 spiro atoms. The van der Waals surface area contributed by atoms with Crippen LogP contribution in [0.2, 0.25) is 0 Å². The largest absolute Gasteiger partial charge is 0.458 e. The quantitative estimate of drug-likeness (QED) is 0.0583. The SMILES string of the molecule is [2H]c1c([2H])c([2H])c(-c2cccc(CCCc3cc(C(C)(C)C)cc(C(C)(C)C)c3)c2CCCC[n+]2[c-]n(-c3cccc(Oc4cc(-n5c6c([2H])c([2H])c([2H])c([2H])c6c6c([2H])c([2H])c([2H])c([2H])c65)c5c6ccccc6n(-c6cc(C(C)(C)C)ccn6)c5c4)c3)c3ccccc32)c([2H])c1[2H]. The molecule has 0 radical (unpaired) electrons. The van der Waals surface area contributed by atoms with Crippen molar-refractivity contribution >= 4 is 54.6 Å². The highest BCUT2D eigenvalue weighted by molar-refractivity contribution is 6.16. The topological polar surface area (TPSA) is 40.8 Å². The van der Waals surface area contributed by atoms with Gasteiger partial charge in [-0.1, -0.05) is 220 Å². The number of fused-ring (bicyclic) bond motifs is 7. The smallest absolute Gasteiger partial charge is 0.244 e.